The highest BCUT2D eigenvalue weighted by Crippen LogP contribution is 2.32. The summed E-state index contributed by atoms with van der Waals surface area (Å²) in [5.41, 5.74) is 2.42. The van der Waals surface area contributed by atoms with E-state index in [9.17, 15) is 15.2 Å². The monoisotopic (exact) mass is 376 g/mol. The first-order chi connectivity index (χ1) is 13.6. The van der Waals surface area contributed by atoms with Crippen molar-refractivity contribution >= 4 is 12.0 Å². The van der Waals surface area contributed by atoms with Crippen molar-refractivity contribution in [1.82, 2.24) is 5.32 Å². The summed E-state index contributed by atoms with van der Waals surface area (Å²) in [5, 5.41) is 22.3. The van der Waals surface area contributed by atoms with Crippen LogP contribution < -0.4 is 10.1 Å². The van der Waals surface area contributed by atoms with Gasteiger partial charge in [0.25, 0.3) is 5.91 Å². The number of phenols is 1. The Morgan fingerprint density at radius 3 is 2.71 bits per heavy atom. The number of aryl methyl sites for hydroxylation is 1. The van der Waals surface area contributed by atoms with Crippen molar-refractivity contribution in [2.24, 2.45) is 0 Å². The normalized spacial score (nSPS) is 10.8. The van der Waals surface area contributed by atoms with Crippen LogP contribution in [0.1, 0.15) is 23.1 Å². The minimum atomic E-state index is -0.423. The number of benzene rings is 2. The number of hydrogen-bond acceptors (Lipinski definition) is 4. The van der Waals surface area contributed by atoms with Gasteiger partial charge in [0.15, 0.2) is 11.5 Å². The van der Waals surface area contributed by atoms with Gasteiger partial charge in [-0.1, -0.05) is 36.4 Å². The van der Waals surface area contributed by atoms with Crippen molar-refractivity contribution < 1.29 is 14.6 Å². The van der Waals surface area contributed by atoms with E-state index in [0.29, 0.717) is 24.1 Å². The number of nitrogens with zero attached hydrogens (tertiary/aromatic N) is 1. The zero-order valence-electron chi connectivity index (χ0n) is 15.9. The van der Waals surface area contributed by atoms with Gasteiger partial charge < -0.3 is 15.2 Å². The van der Waals surface area contributed by atoms with Crippen LogP contribution >= 0.6 is 0 Å². The Bertz CT molecular complexity index is 896. The molecule has 0 atom stereocenters. The Morgan fingerprint density at radius 2 is 2.07 bits per heavy atom. The molecule has 0 radical (unpaired) electrons. The van der Waals surface area contributed by atoms with Crippen LogP contribution in [0.2, 0.25) is 0 Å². The lowest BCUT2D eigenvalue weighted by Gasteiger charge is -2.10. The number of hydrogen-bond donors (Lipinski definition) is 2. The molecular weight excluding hydrogens is 352 g/mol. The summed E-state index contributed by atoms with van der Waals surface area (Å²) in [5.74, 6) is -0.109. The zero-order chi connectivity index (χ0) is 20.4. The fourth-order valence-electron chi connectivity index (χ4n) is 2.79. The number of aromatic hydroxyl groups is 1. The highest BCUT2D eigenvalue weighted by atomic mass is 16.5. The number of ether oxygens (including phenoxy) is 1. The van der Waals surface area contributed by atoms with Crippen LogP contribution in [0.3, 0.4) is 0 Å². The second-order valence-corrected chi connectivity index (χ2v) is 6.24. The van der Waals surface area contributed by atoms with Crippen LogP contribution in [0.4, 0.5) is 0 Å². The summed E-state index contributed by atoms with van der Waals surface area (Å²) in [6.45, 7) is 4.15. The fourth-order valence-corrected chi connectivity index (χ4v) is 2.79. The van der Waals surface area contributed by atoms with Gasteiger partial charge in [-0.05, 0) is 48.6 Å². The zero-order valence-corrected chi connectivity index (χ0v) is 15.9. The van der Waals surface area contributed by atoms with Crippen molar-refractivity contribution in [1.29, 1.82) is 5.26 Å². The van der Waals surface area contributed by atoms with E-state index in [1.54, 1.807) is 18.2 Å². The Hall–Kier alpha value is -3.52. The molecule has 0 bridgehead atoms. The molecule has 1 amide bonds. The molecular formula is C23H24N2O3. The first kappa shape index (κ1) is 20.8. The number of rotatable bonds is 9. The summed E-state index contributed by atoms with van der Waals surface area (Å²) in [7, 11) is 1.45. The minimum Gasteiger partial charge on any atom is -0.504 e. The summed E-state index contributed by atoms with van der Waals surface area (Å²) in [4.78, 5) is 12.3. The smallest absolute Gasteiger partial charge is 0.261 e. The van der Waals surface area contributed by atoms with Crippen molar-refractivity contribution in [3.05, 3.63) is 77.4 Å². The first-order valence-electron chi connectivity index (χ1n) is 9.03. The second kappa shape index (κ2) is 10.6. The largest absolute Gasteiger partial charge is 0.504 e. The lowest BCUT2D eigenvalue weighted by molar-refractivity contribution is -0.117. The van der Waals surface area contributed by atoms with Crippen LogP contribution in [0.15, 0.2) is 60.7 Å². The summed E-state index contributed by atoms with van der Waals surface area (Å²) < 4.78 is 5.17. The molecule has 0 aliphatic heterocycles. The van der Waals surface area contributed by atoms with Crippen molar-refractivity contribution in [3.8, 4) is 17.6 Å². The van der Waals surface area contributed by atoms with Gasteiger partial charge in [-0.15, -0.1) is 6.58 Å². The number of nitriles is 1. The molecule has 0 fully saturated rings. The predicted octanol–water partition coefficient (Wildman–Crippen LogP) is 3.79. The van der Waals surface area contributed by atoms with Crippen LogP contribution in [0.5, 0.6) is 11.5 Å². The number of allylic oxidation sites excluding steroid dienone is 1. The van der Waals surface area contributed by atoms with E-state index in [2.05, 4.69) is 11.9 Å². The van der Waals surface area contributed by atoms with Crippen LogP contribution in [0.25, 0.3) is 6.08 Å². The molecule has 144 valence electrons. The predicted molar refractivity (Wildman–Crippen MR) is 110 cm³/mol. The maximum absolute atomic E-state index is 12.3. The van der Waals surface area contributed by atoms with E-state index in [0.717, 1.165) is 12.8 Å². The van der Waals surface area contributed by atoms with Gasteiger partial charge in [-0.3, -0.25) is 4.79 Å². The molecule has 0 heterocycles. The van der Waals surface area contributed by atoms with Crippen molar-refractivity contribution in [2.75, 3.05) is 13.7 Å². The van der Waals surface area contributed by atoms with Gasteiger partial charge in [0.05, 0.1) is 7.11 Å². The molecule has 0 saturated carbocycles. The van der Waals surface area contributed by atoms with E-state index in [1.807, 2.05) is 36.4 Å². The Balaban J connectivity index is 2.05. The lowest BCUT2D eigenvalue weighted by Crippen LogP contribution is -2.25. The maximum atomic E-state index is 12.3. The number of methoxy groups -OCH3 is 1. The second-order valence-electron chi connectivity index (χ2n) is 6.24. The molecule has 0 unspecified atom stereocenters. The van der Waals surface area contributed by atoms with E-state index in [1.165, 1.54) is 18.7 Å². The standard InChI is InChI=1S/C23H24N2O3/c1-3-8-19-13-18(15-21(28-2)22(19)26)14-20(16-24)23(27)25-12-7-11-17-9-5-4-6-10-17/h3-6,9-10,13-15,26H,1,7-8,11-12H2,2H3,(H,25,27)/b20-14-. The third kappa shape index (κ3) is 5.75. The average molecular weight is 376 g/mol. The summed E-state index contributed by atoms with van der Waals surface area (Å²) in [6.07, 6.45) is 5.23. The fraction of sp³-hybridized carbons (Fsp3) is 0.217. The molecule has 2 N–H and O–H groups in total. The van der Waals surface area contributed by atoms with Gasteiger partial charge in [0.1, 0.15) is 11.6 Å². The van der Waals surface area contributed by atoms with E-state index < -0.39 is 5.91 Å². The average Bonchev–Trinajstić information content (AvgIpc) is 2.72. The lowest BCUT2D eigenvalue weighted by atomic mass is 10.0. The van der Waals surface area contributed by atoms with Gasteiger partial charge in [-0.2, -0.15) is 5.26 Å². The van der Waals surface area contributed by atoms with Gasteiger partial charge in [-0.25, -0.2) is 0 Å². The summed E-state index contributed by atoms with van der Waals surface area (Å²) >= 11 is 0. The molecule has 28 heavy (non-hydrogen) atoms. The molecule has 2 aromatic rings. The van der Waals surface area contributed by atoms with Crippen LogP contribution in [-0.2, 0) is 17.6 Å². The molecule has 2 aromatic carbocycles. The topological polar surface area (TPSA) is 82.4 Å². The third-order valence-corrected chi connectivity index (χ3v) is 4.21. The third-order valence-electron chi connectivity index (χ3n) is 4.21. The van der Waals surface area contributed by atoms with Crippen LogP contribution in [-0.4, -0.2) is 24.7 Å². The number of nitrogens with one attached hydrogen (secondary N) is 1. The first-order valence-corrected chi connectivity index (χ1v) is 9.03. The van der Waals surface area contributed by atoms with Gasteiger partial charge >= 0.3 is 0 Å². The van der Waals surface area contributed by atoms with E-state index >= 15 is 0 Å². The maximum Gasteiger partial charge on any atom is 0.261 e. The van der Waals surface area contributed by atoms with Gasteiger partial charge in [0.2, 0.25) is 0 Å². The Labute approximate surface area is 165 Å². The molecule has 5 nitrogen and oxygen atoms in total. The number of phenolic OH excluding ortho intramolecular Hbond substituents is 1. The molecule has 0 aliphatic carbocycles. The highest BCUT2D eigenvalue weighted by molar-refractivity contribution is 6.01. The number of amides is 1. The van der Waals surface area contributed by atoms with Crippen molar-refractivity contribution in [3.63, 3.8) is 0 Å². The van der Waals surface area contributed by atoms with Crippen LogP contribution in [0, 0.1) is 11.3 Å². The Morgan fingerprint density at radius 1 is 1.32 bits per heavy atom. The highest BCUT2D eigenvalue weighted by Gasteiger charge is 2.12. The molecule has 5 heteroatoms. The SMILES string of the molecule is C=CCc1cc(/C=C(/C#N)C(=O)NCCCc2ccccc2)cc(OC)c1O. The molecule has 2 rings (SSSR count). The van der Waals surface area contributed by atoms with E-state index in [4.69, 9.17) is 4.74 Å². The number of carbonyl (C=O) groups excluding carboxylic acids is 1. The van der Waals surface area contributed by atoms with Crippen molar-refractivity contribution in [2.45, 2.75) is 19.3 Å². The minimum absolute atomic E-state index is 0.00277. The molecule has 0 spiro atoms. The van der Waals surface area contributed by atoms with E-state index in [-0.39, 0.29) is 17.1 Å². The molecule has 0 aliphatic rings. The molecule has 0 saturated heterocycles. The van der Waals surface area contributed by atoms with Gasteiger partial charge in [0, 0.05) is 12.1 Å². The summed E-state index contributed by atoms with van der Waals surface area (Å²) in [6, 6.07) is 15.3. The molecule has 0 aromatic heterocycles. The quantitative estimate of drug-likeness (QED) is 0.302. The number of carbonyl (C=O) groups is 1. The Kier molecular flexibility index (Phi) is 7.86.